The van der Waals surface area contributed by atoms with Gasteiger partial charge in [0.05, 0.1) is 24.1 Å². The Morgan fingerprint density at radius 2 is 2.05 bits per heavy atom. The molecule has 1 saturated carbocycles. The number of nitrogens with zero attached hydrogens (tertiary/aromatic N) is 5. The number of carbonyl (C=O) groups excluding carboxylic acids is 1. The van der Waals surface area contributed by atoms with Crippen molar-refractivity contribution in [2.24, 2.45) is 10.9 Å². The van der Waals surface area contributed by atoms with Crippen LogP contribution in [0, 0.1) is 18.7 Å². The van der Waals surface area contributed by atoms with Gasteiger partial charge in [-0.1, -0.05) is 12.1 Å². The third kappa shape index (κ3) is 5.77. The smallest absolute Gasteiger partial charge is 0.338 e. The largest absolute Gasteiger partial charge is 0.481 e. The van der Waals surface area contributed by atoms with Crippen LogP contribution < -0.4 is 5.32 Å². The fourth-order valence-corrected chi connectivity index (χ4v) is 7.75. The lowest BCUT2D eigenvalue weighted by atomic mass is 9.92. The lowest BCUT2D eigenvalue weighted by Crippen LogP contribution is -2.53. The predicted octanol–water partition coefficient (Wildman–Crippen LogP) is 3.34. The molecule has 1 aliphatic carbocycles. The maximum absolute atomic E-state index is 14.7. The van der Waals surface area contributed by atoms with E-state index in [2.05, 4.69) is 25.0 Å². The van der Waals surface area contributed by atoms with Crippen LogP contribution in [0.4, 0.5) is 4.39 Å². The summed E-state index contributed by atoms with van der Waals surface area (Å²) < 4.78 is 20.3. The second-order valence-electron chi connectivity index (χ2n) is 11.4. The number of thiazole rings is 1. The first-order valence-corrected chi connectivity index (χ1v) is 16.0. The molecule has 43 heavy (non-hydrogen) atoms. The summed E-state index contributed by atoms with van der Waals surface area (Å²) in [4.78, 5) is 41.2. The molecule has 3 fully saturated rings. The Labute approximate surface area is 259 Å². The van der Waals surface area contributed by atoms with Gasteiger partial charge in [-0.05, 0) is 62.5 Å². The number of amidine groups is 1. The molecule has 2 aromatic rings. The molecule has 10 nitrogen and oxygen atoms in total. The standard InChI is InChI=1S/C30H35FN6O4S2/c1-3-41-29(40)24-23(33-26(27-32-9-12-43-27)34-25(24)21-5-4-6-22(31)17(21)2)16-35-10-11-36-20(14-35)15-37(30(36)42)19-8-7-18(13-19)28(38)39/h4-6,9,12,18-20,25H,3,7-8,10-11,13-16H2,1-2H3,(H,33,34)(H,38,39)/t18-,19+,20?,25-/m0/s1. The number of esters is 1. The molecule has 13 heteroatoms. The highest BCUT2D eigenvalue weighted by molar-refractivity contribution is 7.80. The molecule has 0 spiro atoms. The number of piperazine rings is 1. The average molecular weight is 627 g/mol. The molecule has 3 aliphatic heterocycles. The molecule has 2 saturated heterocycles. The molecule has 4 atom stereocenters. The van der Waals surface area contributed by atoms with Crippen LogP contribution in [0.3, 0.4) is 0 Å². The minimum absolute atomic E-state index is 0.151. The normalized spacial score (nSPS) is 25.9. The number of halogens is 1. The third-order valence-electron chi connectivity index (χ3n) is 8.90. The Hall–Kier alpha value is -3.42. The lowest BCUT2D eigenvalue weighted by Gasteiger charge is -2.39. The van der Waals surface area contributed by atoms with Crippen molar-refractivity contribution in [3.63, 3.8) is 0 Å². The minimum Gasteiger partial charge on any atom is -0.481 e. The van der Waals surface area contributed by atoms with Gasteiger partial charge in [-0.3, -0.25) is 14.7 Å². The van der Waals surface area contributed by atoms with E-state index in [1.54, 1.807) is 32.2 Å². The van der Waals surface area contributed by atoms with Crippen LogP contribution in [0.5, 0.6) is 0 Å². The van der Waals surface area contributed by atoms with E-state index in [1.807, 2.05) is 5.38 Å². The van der Waals surface area contributed by atoms with Gasteiger partial charge in [0.15, 0.2) is 16.0 Å². The summed E-state index contributed by atoms with van der Waals surface area (Å²) in [6, 6.07) is 4.40. The van der Waals surface area contributed by atoms with E-state index in [4.69, 9.17) is 21.9 Å². The van der Waals surface area contributed by atoms with Crippen LogP contribution in [0.15, 0.2) is 46.0 Å². The SMILES string of the molecule is CCOC(=O)C1=C(CN2CCN3C(=S)N([C@@H]4CC[C@H](C(=O)O)C4)CC3C2)NC(c2nccs2)=N[C@H]1c1cccc(F)c1C. The van der Waals surface area contributed by atoms with Gasteiger partial charge in [-0.15, -0.1) is 11.3 Å². The molecule has 6 rings (SSSR count). The highest BCUT2D eigenvalue weighted by atomic mass is 32.1. The first-order chi connectivity index (χ1) is 20.7. The van der Waals surface area contributed by atoms with E-state index in [0.717, 1.165) is 37.7 Å². The summed E-state index contributed by atoms with van der Waals surface area (Å²) in [7, 11) is 0. The highest BCUT2D eigenvalue weighted by Gasteiger charge is 2.44. The third-order valence-corrected chi connectivity index (χ3v) is 10.2. The summed E-state index contributed by atoms with van der Waals surface area (Å²) in [5.74, 6) is -1.35. The number of fused-ring (bicyclic) bond motifs is 1. The molecule has 4 heterocycles. The minimum atomic E-state index is -0.759. The summed E-state index contributed by atoms with van der Waals surface area (Å²) >= 11 is 7.30. The maximum atomic E-state index is 14.7. The van der Waals surface area contributed by atoms with Crippen molar-refractivity contribution in [3.8, 4) is 0 Å². The molecular formula is C30H35FN6O4S2. The van der Waals surface area contributed by atoms with E-state index < -0.39 is 18.0 Å². The number of benzene rings is 1. The molecule has 1 aromatic heterocycles. The van der Waals surface area contributed by atoms with Gasteiger partial charge in [0, 0.05) is 56.0 Å². The van der Waals surface area contributed by atoms with E-state index >= 15 is 0 Å². The first-order valence-electron chi connectivity index (χ1n) is 14.7. The van der Waals surface area contributed by atoms with Crippen molar-refractivity contribution in [2.75, 3.05) is 39.3 Å². The molecule has 1 unspecified atom stereocenters. The van der Waals surface area contributed by atoms with Crippen LogP contribution in [0.1, 0.15) is 48.4 Å². The number of aliphatic imine (C=N–C) groups is 1. The van der Waals surface area contributed by atoms with Crippen LogP contribution >= 0.6 is 23.6 Å². The Morgan fingerprint density at radius 1 is 1.21 bits per heavy atom. The van der Waals surface area contributed by atoms with Crippen molar-refractivity contribution in [3.05, 3.63) is 63.0 Å². The fraction of sp³-hybridized carbons (Fsp3) is 0.500. The van der Waals surface area contributed by atoms with Crippen molar-refractivity contribution < 1.29 is 23.8 Å². The number of aliphatic carboxylic acids is 1. The average Bonchev–Trinajstić information content (AvgIpc) is 3.75. The topological polar surface area (TPSA) is 111 Å². The van der Waals surface area contributed by atoms with E-state index in [9.17, 15) is 19.1 Å². The molecule has 228 valence electrons. The molecule has 0 bridgehead atoms. The monoisotopic (exact) mass is 626 g/mol. The number of carboxylic acid groups (broad SMARTS) is 1. The van der Waals surface area contributed by atoms with E-state index in [0.29, 0.717) is 52.6 Å². The number of thiocarbonyl (C=S) groups is 1. The number of ether oxygens (including phenoxy) is 1. The van der Waals surface area contributed by atoms with Gasteiger partial charge in [0.25, 0.3) is 0 Å². The van der Waals surface area contributed by atoms with Crippen molar-refractivity contribution >= 4 is 46.4 Å². The van der Waals surface area contributed by atoms with Crippen molar-refractivity contribution in [1.29, 1.82) is 0 Å². The molecule has 1 aromatic carbocycles. The lowest BCUT2D eigenvalue weighted by molar-refractivity contribution is -0.141. The van der Waals surface area contributed by atoms with Crippen molar-refractivity contribution in [2.45, 2.75) is 51.2 Å². The van der Waals surface area contributed by atoms with Gasteiger partial charge in [0.2, 0.25) is 0 Å². The summed E-state index contributed by atoms with van der Waals surface area (Å²) in [6.45, 7) is 7.03. The zero-order valence-corrected chi connectivity index (χ0v) is 25.8. The Balaban J connectivity index is 1.28. The van der Waals surface area contributed by atoms with Gasteiger partial charge in [-0.25, -0.2) is 14.2 Å². The van der Waals surface area contributed by atoms with Gasteiger partial charge >= 0.3 is 11.9 Å². The second kappa shape index (κ2) is 12.3. The highest BCUT2D eigenvalue weighted by Crippen LogP contribution is 2.37. The number of aromatic nitrogens is 1. The number of carboxylic acids is 1. The van der Waals surface area contributed by atoms with Crippen LogP contribution in [-0.2, 0) is 14.3 Å². The van der Waals surface area contributed by atoms with Crippen LogP contribution in [0.2, 0.25) is 0 Å². The maximum Gasteiger partial charge on any atom is 0.338 e. The van der Waals surface area contributed by atoms with Crippen molar-refractivity contribution in [1.82, 2.24) is 25.0 Å². The van der Waals surface area contributed by atoms with Gasteiger partial charge in [0.1, 0.15) is 11.9 Å². The molecule has 4 aliphatic rings. The van der Waals surface area contributed by atoms with Crippen LogP contribution in [0.25, 0.3) is 0 Å². The van der Waals surface area contributed by atoms with Gasteiger partial charge < -0.3 is 25.0 Å². The first kappa shape index (κ1) is 29.6. The summed E-state index contributed by atoms with van der Waals surface area (Å²) in [6.07, 6.45) is 3.84. The molecular weight excluding hydrogens is 592 g/mol. The number of hydrogen-bond acceptors (Lipinski definition) is 9. The summed E-state index contributed by atoms with van der Waals surface area (Å²) in [5.41, 5.74) is 2.07. The quantitative estimate of drug-likeness (QED) is 0.335. The number of rotatable bonds is 8. The second-order valence-corrected chi connectivity index (χ2v) is 12.7. The predicted molar refractivity (Wildman–Crippen MR) is 164 cm³/mol. The zero-order chi connectivity index (χ0) is 30.2. The number of hydrogen-bond donors (Lipinski definition) is 2. The van der Waals surface area contributed by atoms with Crippen LogP contribution in [-0.4, -0.2) is 99.1 Å². The number of nitrogens with one attached hydrogen (secondary N) is 1. The van der Waals surface area contributed by atoms with E-state index in [-0.39, 0.29) is 30.4 Å². The molecule has 2 N–H and O–H groups in total. The van der Waals surface area contributed by atoms with E-state index in [1.165, 1.54) is 17.4 Å². The fourth-order valence-electron chi connectivity index (χ4n) is 6.70. The summed E-state index contributed by atoms with van der Waals surface area (Å²) in [5, 5.41) is 16.2. The number of carbonyl (C=O) groups is 2. The Kier molecular flexibility index (Phi) is 8.47. The molecule has 0 radical (unpaired) electrons. The zero-order valence-electron chi connectivity index (χ0n) is 24.2. The Bertz CT molecular complexity index is 1480. The Morgan fingerprint density at radius 3 is 2.77 bits per heavy atom. The molecule has 0 amide bonds. The van der Waals surface area contributed by atoms with Gasteiger partial charge in [-0.2, -0.15) is 0 Å².